The summed E-state index contributed by atoms with van der Waals surface area (Å²) in [4.78, 5) is 2.22. The van der Waals surface area contributed by atoms with E-state index in [1.165, 1.54) is 0 Å². The Hall–Kier alpha value is -0.590. The quantitative estimate of drug-likeness (QED) is 0.588. The van der Waals surface area contributed by atoms with E-state index in [0.29, 0.717) is 12.6 Å². The van der Waals surface area contributed by atoms with E-state index in [2.05, 4.69) is 17.9 Å². The Morgan fingerprint density at radius 3 is 3.00 bits per heavy atom. The number of hydrogen-bond donors (Lipinski definition) is 0. The van der Waals surface area contributed by atoms with E-state index in [1.54, 1.807) is 0 Å². The molecule has 12 heavy (non-hydrogen) atoms. The monoisotopic (exact) mass is 168 g/mol. The van der Waals surface area contributed by atoms with Crippen LogP contribution in [0, 0.1) is 11.3 Å². The molecule has 0 aliphatic carbocycles. The van der Waals surface area contributed by atoms with Crippen LogP contribution in [-0.4, -0.2) is 37.2 Å². The van der Waals surface area contributed by atoms with Crippen molar-refractivity contribution in [3.8, 4) is 6.07 Å². The van der Waals surface area contributed by atoms with Crippen LogP contribution in [0.15, 0.2) is 0 Å². The van der Waals surface area contributed by atoms with Crippen molar-refractivity contribution in [3.63, 3.8) is 0 Å². The molecule has 0 amide bonds. The summed E-state index contributed by atoms with van der Waals surface area (Å²) < 4.78 is 5.28. The van der Waals surface area contributed by atoms with E-state index in [9.17, 15) is 0 Å². The topological polar surface area (TPSA) is 36.3 Å². The van der Waals surface area contributed by atoms with Crippen LogP contribution >= 0.6 is 0 Å². The van der Waals surface area contributed by atoms with Crippen molar-refractivity contribution in [1.29, 1.82) is 5.26 Å². The molecular weight excluding hydrogens is 152 g/mol. The van der Waals surface area contributed by atoms with Crippen LogP contribution in [0.4, 0.5) is 0 Å². The molecule has 0 aromatic carbocycles. The predicted octanol–water partition coefficient (Wildman–Crippen LogP) is 1.01. The van der Waals surface area contributed by atoms with Gasteiger partial charge in [0, 0.05) is 12.6 Å². The van der Waals surface area contributed by atoms with E-state index < -0.39 is 0 Å². The fraction of sp³-hybridized carbons (Fsp3) is 0.889. The highest BCUT2D eigenvalue weighted by Crippen LogP contribution is 2.11. The lowest BCUT2D eigenvalue weighted by Gasteiger charge is -2.23. The maximum absolute atomic E-state index is 8.59. The summed E-state index contributed by atoms with van der Waals surface area (Å²) >= 11 is 0. The fourth-order valence-electron chi connectivity index (χ4n) is 1.58. The van der Waals surface area contributed by atoms with Gasteiger partial charge in [-0.3, -0.25) is 4.90 Å². The molecule has 0 aromatic rings. The molecule has 0 N–H and O–H groups in total. The highest BCUT2D eigenvalue weighted by molar-refractivity contribution is 4.83. The summed E-state index contributed by atoms with van der Waals surface area (Å²) in [6.07, 6.45) is 2.19. The second-order valence-corrected chi connectivity index (χ2v) is 3.15. The lowest BCUT2D eigenvalue weighted by molar-refractivity contribution is 0.152. The van der Waals surface area contributed by atoms with E-state index in [1.807, 2.05) is 0 Å². The van der Waals surface area contributed by atoms with Crippen molar-refractivity contribution >= 4 is 0 Å². The largest absolute Gasteiger partial charge is 0.380 e. The summed E-state index contributed by atoms with van der Waals surface area (Å²) in [5, 5.41) is 8.59. The Bertz CT molecular complexity index is 158. The summed E-state index contributed by atoms with van der Waals surface area (Å²) in [5.74, 6) is 0. The average molecular weight is 168 g/mol. The van der Waals surface area contributed by atoms with Crippen LogP contribution in [0.2, 0.25) is 0 Å². The molecular formula is C9H16N2O. The molecule has 1 atom stereocenters. The van der Waals surface area contributed by atoms with Crippen LogP contribution in [0.25, 0.3) is 0 Å². The van der Waals surface area contributed by atoms with Crippen LogP contribution in [0.5, 0.6) is 0 Å². The third-order valence-electron chi connectivity index (χ3n) is 2.21. The van der Waals surface area contributed by atoms with Crippen molar-refractivity contribution in [2.45, 2.75) is 25.8 Å². The second-order valence-electron chi connectivity index (χ2n) is 3.15. The Morgan fingerprint density at radius 2 is 2.50 bits per heavy atom. The first-order valence-electron chi connectivity index (χ1n) is 4.57. The SMILES string of the molecule is CCCN(CC#N)C1CCOC1. The van der Waals surface area contributed by atoms with E-state index in [-0.39, 0.29) is 0 Å². The lowest BCUT2D eigenvalue weighted by Crippen LogP contribution is -2.36. The van der Waals surface area contributed by atoms with Crippen LogP contribution < -0.4 is 0 Å². The number of hydrogen-bond acceptors (Lipinski definition) is 3. The van der Waals surface area contributed by atoms with Crippen molar-refractivity contribution in [2.24, 2.45) is 0 Å². The van der Waals surface area contributed by atoms with Gasteiger partial charge in [0.15, 0.2) is 0 Å². The standard InChI is InChI=1S/C9H16N2O/c1-2-5-11(6-4-10)9-3-7-12-8-9/h9H,2-3,5-8H2,1H3. The molecule has 1 heterocycles. The number of ether oxygens (including phenoxy) is 1. The lowest BCUT2D eigenvalue weighted by atomic mass is 10.2. The summed E-state index contributed by atoms with van der Waals surface area (Å²) in [7, 11) is 0. The smallest absolute Gasteiger partial charge is 0.0869 e. The maximum Gasteiger partial charge on any atom is 0.0869 e. The predicted molar refractivity (Wildman–Crippen MR) is 46.7 cm³/mol. The minimum Gasteiger partial charge on any atom is -0.380 e. The maximum atomic E-state index is 8.59. The minimum atomic E-state index is 0.490. The van der Waals surface area contributed by atoms with Gasteiger partial charge in [0.2, 0.25) is 0 Å². The van der Waals surface area contributed by atoms with Crippen LogP contribution in [0.3, 0.4) is 0 Å². The first kappa shape index (κ1) is 9.50. The minimum absolute atomic E-state index is 0.490. The van der Waals surface area contributed by atoms with Crippen molar-refractivity contribution in [2.75, 3.05) is 26.3 Å². The first-order chi connectivity index (χ1) is 5.88. The van der Waals surface area contributed by atoms with Gasteiger partial charge in [-0.15, -0.1) is 0 Å². The van der Waals surface area contributed by atoms with Gasteiger partial charge in [-0.2, -0.15) is 5.26 Å². The van der Waals surface area contributed by atoms with E-state index >= 15 is 0 Å². The number of nitriles is 1. The summed E-state index contributed by atoms with van der Waals surface area (Å²) in [6, 6.07) is 2.69. The van der Waals surface area contributed by atoms with Gasteiger partial charge in [0.05, 0.1) is 19.2 Å². The molecule has 0 spiro atoms. The molecule has 1 aliphatic heterocycles. The van der Waals surface area contributed by atoms with Gasteiger partial charge >= 0.3 is 0 Å². The third-order valence-corrected chi connectivity index (χ3v) is 2.21. The van der Waals surface area contributed by atoms with Gasteiger partial charge in [-0.05, 0) is 19.4 Å². The van der Waals surface area contributed by atoms with Crippen molar-refractivity contribution in [3.05, 3.63) is 0 Å². The molecule has 3 nitrogen and oxygen atoms in total. The van der Waals surface area contributed by atoms with Gasteiger partial charge in [-0.1, -0.05) is 6.92 Å². The van der Waals surface area contributed by atoms with Crippen LogP contribution in [-0.2, 0) is 4.74 Å². The molecule has 1 unspecified atom stereocenters. The van der Waals surface area contributed by atoms with Crippen molar-refractivity contribution in [1.82, 2.24) is 4.90 Å². The molecule has 0 radical (unpaired) electrons. The Balaban J connectivity index is 2.35. The van der Waals surface area contributed by atoms with E-state index in [4.69, 9.17) is 10.00 Å². The first-order valence-corrected chi connectivity index (χ1v) is 4.57. The zero-order chi connectivity index (χ0) is 8.81. The van der Waals surface area contributed by atoms with Crippen LogP contribution in [0.1, 0.15) is 19.8 Å². The van der Waals surface area contributed by atoms with Gasteiger partial charge in [0.25, 0.3) is 0 Å². The number of rotatable bonds is 4. The highest BCUT2D eigenvalue weighted by Gasteiger charge is 2.21. The van der Waals surface area contributed by atoms with Crippen molar-refractivity contribution < 1.29 is 4.74 Å². The molecule has 1 saturated heterocycles. The Labute approximate surface area is 73.9 Å². The molecule has 3 heteroatoms. The number of nitrogens with zero attached hydrogens (tertiary/aromatic N) is 2. The Morgan fingerprint density at radius 1 is 1.67 bits per heavy atom. The fourth-order valence-corrected chi connectivity index (χ4v) is 1.58. The average Bonchev–Trinajstić information content (AvgIpc) is 2.56. The molecule has 0 bridgehead atoms. The summed E-state index contributed by atoms with van der Waals surface area (Å²) in [6.45, 7) is 5.36. The summed E-state index contributed by atoms with van der Waals surface area (Å²) in [5.41, 5.74) is 0. The molecule has 1 rings (SSSR count). The molecule has 0 saturated carbocycles. The highest BCUT2D eigenvalue weighted by atomic mass is 16.5. The molecule has 0 aromatic heterocycles. The molecule has 68 valence electrons. The third kappa shape index (κ3) is 2.47. The second kappa shape index (κ2) is 5.13. The van der Waals surface area contributed by atoms with E-state index in [0.717, 1.165) is 32.6 Å². The Kier molecular flexibility index (Phi) is 4.06. The molecule has 1 aliphatic rings. The van der Waals surface area contributed by atoms with Gasteiger partial charge in [0.1, 0.15) is 0 Å². The van der Waals surface area contributed by atoms with Gasteiger partial charge < -0.3 is 4.74 Å². The van der Waals surface area contributed by atoms with Gasteiger partial charge in [-0.25, -0.2) is 0 Å². The zero-order valence-corrected chi connectivity index (χ0v) is 7.62. The normalized spacial score (nSPS) is 22.9. The molecule has 1 fully saturated rings. The zero-order valence-electron chi connectivity index (χ0n) is 7.62.